The van der Waals surface area contributed by atoms with Crippen LogP contribution in [0.2, 0.25) is 0 Å². The summed E-state index contributed by atoms with van der Waals surface area (Å²) in [6.45, 7) is 3.88. The minimum Gasteiger partial charge on any atom is -0.396 e. The molecule has 0 bridgehead atoms. The second kappa shape index (κ2) is 4.49. The second-order valence-electron chi connectivity index (χ2n) is 5.17. The van der Waals surface area contributed by atoms with Crippen molar-refractivity contribution in [3.8, 4) is 0 Å². The van der Waals surface area contributed by atoms with Gasteiger partial charge in [-0.25, -0.2) is 0 Å². The van der Waals surface area contributed by atoms with Crippen molar-refractivity contribution in [2.24, 2.45) is 5.73 Å². The molecule has 0 aromatic rings. The first-order chi connectivity index (χ1) is 6.90. The Balaban J connectivity index is 2.54. The fourth-order valence-corrected chi connectivity index (χ4v) is 2.01. The van der Waals surface area contributed by atoms with E-state index in [1.54, 1.807) is 0 Å². The molecular weight excluding hydrogens is 192 g/mol. The van der Waals surface area contributed by atoms with E-state index in [1.807, 2.05) is 13.8 Å². The minimum atomic E-state index is -0.674. The number of aliphatic hydroxyl groups excluding tert-OH is 1. The number of carbonyl (C=O) groups excluding carboxylic acids is 1. The quantitative estimate of drug-likeness (QED) is 0.639. The standard InChI is InChI=1S/C11H22N2O2/c1-10(2,7-8-14)13-9(15)11(12)5-3-4-6-11/h14H,3-8,12H2,1-2H3,(H,13,15). The highest BCUT2D eigenvalue weighted by molar-refractivity contribution is 5.86. The molecule has 0 aromatic carbocycles. The summed E-state index contributed by atoms with van der Waals surface area (Å²) in [6, 6.07) is 0. The molecule has 1 rings (SSSR count). The van der Waals surface area contributed by atoms with Gasteiger partial charge in [-0.15, -0.1) is 0 Å². The zero-order valence-corrected chi connectivity index (χ0v) is 9.68. The first-order valence-electron chi connectivity index (χ1n) is 5.62. The Hall–Kier alpha value is -0.610. The molecule has 1 saturated carbocycles. The summed E-state index contributed by atoms with van der Waals surface area (Å²) in [4.78, 5) is 11.9. The summed E-state index contributed by atoms with van der Waals surface area (Å²) in [7, 11) is 0. The van der Waals surface area contributed by atoms with Crippen LogP contribution in [0.5, 0.6) is 0 Å². The van der Waals surface area contributed by atoms with E-state index in [2.05, 4.69) is 5.32 Å². The van der Waals surface area contributed by atoms with Gasteiger partial charge >= 0.3 is 0 Å². The van der Waals surface area contributed by atoms with Crippen LogP contribution in [0, 0.1) is 0 Å². The maximum Gasteiger partial charge on any atom is 0.240 e. The minimum absolute atomic E-state index is 0.0709. The SMILES string of the molecule is CC(C)(CCO)NC(=O)C1(N)CCCC1. The first-order valence-corrected chi connectivity index (χ1v) is 5.62. The molecule has 0 aliphatic heterocycles. The Labute approximate surface area is 91.2 Å². The van der Waals surface area contributed by atoms with Crippen molar-refractivity contribution in [2.45, 2.75) is 57.0 Å². The number of hydrogen-bond donors (Lipinski definition) is 3. The normalized spacial score (nSPS) is 20.3. The third-order valence-corrected chi connectivity index (χ3v) is 3.14. The number of amides is 1. The molecular formula is C11H22N2O2. The van der Waals surface area contributed by atoms with Crippen LogP contribution in [0.25, 0.3) is 0 Å². The lowest BCUT2D eigenvalue weighted by atomic mass is 9.94. The van der Waals surface area contributed by atoms with Crippen LogP contribution in [0.3, 0.4) is 0 Å². The molecule has 1 aliphatic carbocycles. The average molecular weight is 214 g/mol. The van der Waals surface area contributed by atoms with Crippen molar-refractivity contribution in [2.75, 3.05) is 6.61 Å². The van der Waals surface area contributed by atoms with Gasteiger partial charge in [0.1, 0.15) is 0 Å². The lowest BCUT2D eigenvalue weighted by Crippen LogP contribution is -2.57. The van der Waals surface area contributed by atoms with Crippen LogP contribution in [0.4, 0.5) is 0 Å². The van der Waals surface area contributed by atoms with Gasteiger partial charge in [0.05, 0.1) is 5.54 Å². The van der Waals surface area contributed by atoms with Crippen molar-refractivity contribution in [3.63, 3.8) is 0 Å². The maximum atomic E-state index is 11.9. The van der Waals surface area contributed by atoms with E-state index in [4.69, 9.17) is 10.8 Å². The van der Waals surface area contributed by atoms with E-state index >= 15 is 0 Å². The van der Waals surface area contributed by atoms with Crippen molar-refractivity contribution in [1.82, 2.24) is 5.32 Å². The Bertz CT molecular complexity index is 233. The predicted octanol–water partition coefficient (Wildman–Crippen LogP) is 0.535. The van der Waals surface area contributed by atoms with E-state index < -0.39 is 5.54 Å². The van der Waals surface area contributed by atoms with Gasteiger partial charge in [0.25, 0.3) is 0 Å². The van der Waals surface area contributed by atoms with Crippen molar-refractivity contribution < 1.29 is 9.90 Å². The molecule has 0 unspecified atom stereocenters. The van der Waals surface area contributed by atoms with Crippen LogP contribution >= 0.6 is 0 Å². The summed E-state index contributed by atoms with van der Waals surface area (Å²) in [5, 5.41) is 11.8. The molecule has 15 heavy (non-hydrogen) atoms. The summed E-state index contributed by atoms with van der Waals surface area (Å²) in [6.07, 6.45) is 4.16. The maximum absolute atomic E-state index is 11.9. The summed E-state index contributed by atoms with van der Waals surface area (Å²) >= 11 is 0. The monoisotopic (exact) mass is 214 g/mol. The zero-order chi connectivity index (χ0) is 11.5. The highest BCUT2D eigenvalue weighted by Crippen LogP contribution is 2.28. The van der Waals surface area contributed by atoms with Crippen LogP contribution in [0.15, 0.2) is 0 Å². The zero-order valence-electron chi connectivity index (χ0n) is 9.68. The number of nitrogens with one attached hydrogen (secondary N) is 1. The Morgan fingerprint density at radius 1 is 1.47 bits per heavy atom. The molecule has 1 amide bonds. The van der Waals surface area contributed by atoms with E-state index in [9.17, 15) is 4.79 Å². The molecule has 0 spiro atoms. The van der Waals surface area contributed by atoms with Gasteiger partial charge in [0.2, 0.25) is 5.91 Å². The number of rotatable bonds is 4. The van der Waals surface area contributed by atoms with Gasteiger partial charge in [-0.3, -0.25) is 4.79 Å². The van der Waals surface area contributed by atoms with E-state index in [0.717, 1.165) is 25.7 Å². The van der Waals surface area contributed by atoms with Gasteiger partial charge in [-0.05, 0) is 33.1 Å². The Kier molecular flexibility index (Phi) is 3.73. The van der Waals surface area contributed by atoms with Crippen molar-refractivity contribution >= 4 is 5.91 Å². The van der Waals surface area contributed by atoms with Gasteiger partial charge < -0.3 is 16.2 Å². The van der Waals surface area contributed by atoms with E-state index in [0.29, 0.717) is 6.42 Å². The van der Waals surface area contributed by atoms with Crippen molar-refractivity contribution in [1.29, 1.82) is 0 Å². The van der Waals surface area contributed by atoms with Crippen LogP contribution < -0.4 is 11.1 Å². The lowest BCUT2D eigenvalue weighted by molar-refractivity contribution is -0.128. The highest BCUT2D eigenvalue weighted by atomic mass is 16.3. The third kappa shape index (κ3) is 3.18. The van der Waals surface area contributed by atoms with Gasteiger partial charge in [-0.1, -0.05) is 12.8 Å². The number of hydrogen-bond acceptors (Lipinski definition) is 3. The largest absolute Gasteiger partial charge is 0.396 e. The molecule has 0 radical (unpaired) electrons. The molecule has 0 heterocycles. The summed E-state index contributed by atoms with van der Waals surface area (Å²) in [5.74, 6) is -0.0709. The Morgan fingerprint density at radius 3 is 2.47 bits per heavy atom. The first kappa shape index (κ1) is 12.5. The van der Waals surface area contributed by atoms with Gasteiger partial charge in [-0.2, -0.15) is 0 Å². The van der Waals surface area contributed by atoms with Crippen LogP contribution in [0.1, 0.15) is 46.0 Å². The molecule has 1 aliphatic rings. The summed E-state index contributed by atoms with van der Waals surface area (Å²) in [5.41, 5.74) is 4.98. The molecule has 4 N–H and O–H groups in total. The predicted molar refractivity (Wildman–Crippen MR) is 59.3 cm³/mol. The van der Waals surface area contributed by atoms with Gasteiger partial charge in [0.15, 0.2) is 0 Å². The topological polar surface area (TPSA) is 75.3 Å². The third-order valence-electron chi connectivity index (χ3n) is 3.14. The van der Waals surface area contributed by atoms with Gasteiger partial charge in [0, 0.05) is 12.1 Å². The fraction of sp³-hybridized carbons (Fsp3) is 0.909. The molecule has 0 aromatic heterocycles. The summed E-state index contributed by atoms with van der Waals surface area (Å²) < 4.78 is 0. The average Bonchev–Trinajstić information content (AvgIpc) is 2.52. The Morgan fingerprint density at radius 2 is 2.00 bits per heavy atom. The number of aliphatic hydroxyl groups is 1. The molecule has 88 valence electrons. The number of nitrogens with two attached hydrogens (primary N) is 1. The van der Waals surface area contributed by atoms with Crippen molar-refractivity contribution in [3.05, 3.63) is 0 Å². The fourth-order valence-electron chi connectivity index (χ4n) is 2.01. The molecule has 4 nitrogen and oxygen atoms in total. The molecule has 1 fully saturated rings. The number of carbonyl (C=O) groups is 1. The highest BCUT2D eigenvalue weighted by Gasteiger charge is 2.38. The molecule has 0 atom stereocenters. The second-order valence-corrected chi connectivity index (χ2v) is 5.17. The van der Waals surface area contributed by atoms with Crippen LogP contribution in [-0.4, -0.2) is 28.7 Å². The molecule has 4 heteroatoms. The van der Waals surface area contributed by atoms with E-state index in [1.165, 1.54) is 0 Å². The lowest BCUT2D eigenvalue weighted by Gasteiger charge is -2.31. The smallest absolute Gasteiger partial charge is 0.240 e. The van der Waals surface area contributed by atoms with E-state index in [-0.39, 0.29) is 18.1 Å². The molecule has 0 saturated heterocycles. The van der Waals surface area contributed by atoms with Crippen LogP contribution in [-0.2, 0) is 4.79 Å².